The first-order valence-electron chi connectivity index (χ1n) is 0.494. The van der Waals surface area contributed by atoms with E-state index in [-0.39, 0.29) is 147 Å². The first kappa shape index (κ1) is 15.8. The van der Waals surface area contributed by atoms with Crippen LogP contribution in [0.2, 0.25) is 0 Å². The van der Waals surface area contributed by atoms with Crippen LogP contribution in [-0.4, -0.2) is 11.6 Å². The Bertz CT molecular complexity index is 21.2. The van der Waals surface area contributed by atoms with Crippen molar-refractivity contribution in [1.82, 2.24) is 0 Å². The number of rotatable bonds is 0. The molecule has 2 nitrogen and oxygen atoms in total. The molecule has 0 amide bonds. The van der Waals surface area contributed by atoms with E-state index in [1.807, 2.05) is 0 Å². The molecule has 4 heteroatoms. The Labute approximate surface area is 151 Å². The molecule has 0 spiro atoms. The third-order valence-corrected chi connectivity index (χ3v) is 0. The monoisotopic (exact) mass is 314 g/mol. The molecule has 0 aliphatic heterocycles. The zero-order valence-corrected chi connectivity index (χ0v) is 16.0. The van der Waals surface area contributed by atoms with Gasteiger partial charge < -0.3 is 7.96 Å². The summed E-state index contributed by atoms with van der Waals surface area (Å²) in [6.45, 7) is -0.250. The number of carboxylic acid groups (broad SMARTS) is 1. The molecule has 0 heterocycles. The summed E-state index contributed by atoms with van der Waals surface area (Å²) >= 11 is 0. The SMILES string of the molecule is O=CO.[Cs+].[Cs+].[H-].[H-]. The molecule has 0 aromatic carbocycles. The summed E-state index contributed by atoms with van der Waals surface area (Å²) in [5.41, 5.74) is 0. The van der Waals surface area contributed by atoms with Crippen molar-refractivity contribution in [2.75, 3.05) is 0 Å². The average Bonchev–Trinajstić information content (AvgIpc) is 0.918. The molecule has 0 aliphatic rings. The van der Waals surface area contributed by atoms with Crippen molar-refractivity contribution < 1.29 is 151 Å². The zero-order valence-electron chi connectivity index (χ0n) is 5.43. The Kier molecular flexibility index (Phi) is 49.5. The summed E-state index contributed by atoms with van der Waals surface area (Å²) in [5, 5.41) is 6.89. The second-order valence-electron chi connectivity index (χ2n) is 0.105. The van der Waals surface area contributed by atoms with E-state index in [0.29, 0.717) is 0 Å². The predicted octanol–water partition coefficient (Wildman–Crippen LogP) is -6.07. The molecule has 0 radical (unpaired) electrons. The second kappa shape index (κ2) is 15.6. The molecular weight excluding hydrogens is 310 g/mol. The second-order valence-corrected chi connectivity index (χ2v) is 0.105. The van der Waals surface area contributed by atoms with Crippen LogP contribution in [0, 0.1) is 0 Å². The molecule has 0 bridgehead atoms. The van der Waals surface area contributed by atoms with Gasteiger partial charge in [0.25, 0.3) is 6.47 Å². The quantitative estimate of drug-likeness (QED) is 0.452. The summed E-state index contributed by atoms with van der Waals surface area (Å²) < 4.78 is 0. The van der Waals surface area contributed by atoms with Gasteiger partial charge in [0.05, 0.1) is 0 Å². The summed E-state index contributed by atoms with van der Waals surface area (Å²) in [6.07, 6.45) is 0. The Morgan fingerprint density at radius 3 is 1.60 bits per heavy atom. The van der Waals surface area contributed by atoms with Crippen LogP contribution in [0.5, 0.6) is 0 Å². The first-order valence-corrected chi connectivity index (χ1v) is 0.494. The van der Waals surface area contributed by atoms with E-state index in [1.165, 1.54) is 0 Å². The van der Waals surface area contributed by atoms with Crippen LogP contribution >= 0.6 is 0 Å². The third-order valence-electron chi connectivity index (χ3n) is 0. The maximum absolute atomic E-state index is 8.36. The van der Waals surface area contributed by atoms with E-state index in [1.54, 1.807) is 0 Å². The molecule has 0 saturated heterocycles. The molecule has 1 N–H and O–H groups in total. The molecule has 0 saturated carbocycles. The third kappa shape index (κ3) is 18.4. The van der Waals surface area contributed by atoms with Crippen LogP contribution in [0.15, 0.2) is 0 Å². The fraction of sp³-hybridized carbons (Fsp3) is 0. The van der Waals surface area contributed by atoms with Crippen molar-refractivity contribution in [2.45, 2.75) is 0 Å². The van der Waals surface area contributed by atoms with Crippen LogP contribution in [0.25, 0.3) is 0 Å². The molecule has 0 atom stereocenters. The Balaban J connectivity index is -0.00000000333. The van der Waals surface area contributed by atoms with E-state index in [2.05, 4.69) is 0 Å². The van der Waals surface area contributed by atoms with E-state index in [0.717, 1.165) is 0 Å². The smallest absolute Gasteiger partial charge is 1.00 e. The number of carbonyl (C=O) groups is 1. The Hall–Kier alpha value is 3.57. The van der Waals surface area contributed by atoms with Gasteiger partial charge in [0.15, 0.2) is 0 Å². The molecule has 0 aliphatic carbocycles. The van der Waals surface area contributed by atoms with E-state index < -0.39 is 0 Å². The van der Waals surface area contributed by atoms with Crippen molar-refractivity contribution in [2.24, 2.45) is 0 Å². The van der Waals surface area contributed by atoms with Gasteiger partial charge >= 0.3 is 138 Å². The van der Waals surface area contributed by atoms with Gasteiger partial charge in [0.1, 0.15) is 0 Å². The summed E-state index contributed by atoms with van der Waals surface area (Å²) in [6, 6.07) is 0. The minimum Gasteiger partial charge on any atom is -1.00 e. The van der Waals surface area contributed by atoms with Gasteiger partial charge in [-0.05, 0) is 0 Å². The van der Waals surface area contributed by atoms with Gasteiger partial charge in [-0.2, -0.15) is 0 Å². The maximum atomic E-state index is 8.36. The van der Waals surface area contributed by atoms with Crippen molar-refractivity contribution in [3.05, 3.63) is 0 Å². The Morgan fingerprint density at radius 1 is 1.60 bits per heavy atom. The van der Waals surface area contributed by atoms with Gasteiger partial charge in [0, 0.05) is 0 Å². The van der Waals surface area contributed by atoms with E-state index in [4.69, 9.17) is 9.90 Å². The zero-order chi connectivity index (χ0) is 2.71. The fourth-order valence-corrected chi connectivity index (χ4v) is 0. The summed E-state index contributed by atoms with van der Waals surface area (Å²) in [5.74, 6) is 0. The largest absolute Gasteiger partial charge is 1.00 e. The molecule has 22 valence electrons. The summed E-state index contributed by atoms with van der Waals surface area (Å²) in [7, 11) is 0. The van der Waals surface area contributed by atoms with Crippen LogP contribution in [0.1, 0.15) is 2.85 Å². The van der Waals surface area contributed by atoms with Crippen molar-refractivity contribution in [3.63, 3.8) is 0 Å². The average molecular weight is 314 g/mol. The van der Waals surface area contributed by atoms with Crippen molar-refractivity contribution in [1.29, 1.82) is 0 Å². The molecular formula is CH4Cs2O2. The van der Waals surface area contributed by atoms with E-state index >= 15 is 0 Å². The Morgan fingerprint density at radius 2 is 1.60 bits per heavy atom. The minimum atomic E-state index is -0.250. The van der Waals surface area contributed by atoms with Crippen LogP contribution in [0.4, 0.5) is 0 Å². The molecule has 0 fully saturated rings. The van der Waals surface area contributed by atoms with E-state index in [9.17, 15) is 0 Å². The minimum absolute atomic E-state index is 0. The first-order chi connectivity index (χ1) is 1.41. The molecule has 0 rings (SSSR count). The molecule has 5 heavy (non-hydrogen) atoms. The van der Waals surface area contributed by atoms with Gasteiger partial charge in [-0.3, -0.25) is 4.79 Å². The van der Waals surface area contributed by atoms with Gasteiger partial charge in [-0.1, -0.05) is 0 Å². The number of hydrogen-bond donors (Lipinski definition) is 1. The topological polar surface area (TPSA) is 37.3 Å². The number of hydrogen-bond acceptors (Lipinski definition) is 1. The summed E-state index contributed by atoms with van der Waals surface area (Å²) in [4.78, 5) is 8.36. The van der Waals surface area contributed by atoms with Crippen LogP contribution in [-0.2, 0) is 4.79 Å². The van der Waals surface area contributed by atoms with Crippen LogP contribution in [0.3, 0.4) is 0 Å². The van der Waals surface area contributed by atoms with Crippen LogP contribution < -0.4 is 138 Å². The fourth-order valence-electron chi connectivity index (χ4n) is 0. The normalized spacial score (nSPS) is 2.40. The van der Waals surface area contributed by atoms with Crippen molar-refractivity contribution >= 4 is 6.47 Å². The van der Waals surface area contributed by atoms with Gasteiger partial charge in [-0.25, -0.2) is 0 Å². The van der Waals surface area contributed by atoms with Gasteiger partial charge in [-0.15, -0.1) is 0 Å². The standard InChI is InChI=1S/CH2O2.2Cs.2H/c2-1-3;;;;/h1H,(H,2,3);;;;/q;2*+1;2*-1. The predicted molar refractivity (Wildman–Crippen MR) is 10.9 cm³/mol. The molecule has 0 aromatic rings. The molecule has 0 aromatic heterocycles. The van der Waals surface area contributed by atoms with Crippen molar-refractivity contribution in [3.8, 4) is 0 Å². The molecule has 0 unspecified atom stereocenters. The van der Waals surface area contributed by atoms with Gasteiger partial charge in [0.2, 0.25) is 0 Å². The maximum Gasteiger partial charge on any atom is 1.00 e.